The van der Waals surface area contributed by atoms with Crippen molar-refractivity contribution in [1.29, 1.82) is 0 Å². The summed E-state index contributed by atoms with van der Waals surface area (Å²) in [5.74, 6) is 0.282. The van der Waals surface area contributed by atoms with Crippen LogP contribution in [0.25, 0.3) is 106 Å². The zero-order valence-corrected chi connectivity index (χ0v) is 47.8. The number of pyridine rings is 1. The zero-order valence-electron chi connectivity index (χ0n) is 85.8. The standard InChI is InChI=1S/C85H60N4OSi/c1-60-51-84(86-58-79(60)63-31-12-4-13-32-63)89-80-46-21-20-43-77(80)78-50-49-70(57-83(78)89)90-69-35-25-34-68(56-69)87-59-88(82-48-23-22-47-81(82)87)85-75(44-26-45-76(85)67-53-65(61-27-8-2-9-28-61)52-66(54-67)62-29-10-3-11-30-62)64-33-24-42-74(55-64)91(71-36-14-5-15-37-71,72-38-16-6-17-39-72)73-40-18-7-19-41-73/h2-58H,1H3/i1D3,2D,3D,4D,5D,6D,7D,8D,9D,10D,11D,12D,13D,14D,15D,16D,17D,18D,19D,24D,27D,28D,29D,31D,32D,33D,36D,37D,38D,39D,40D,41D,42D,52D,53D,54D,55D. The van der Waals surface area contributed by atoms with Crippen molar-refractivity contribution in [3.05, 3.63) is 357 Å². The molecule has 0 amide bonds. The molecule has 0 unspecified atom stereocenters. The van der Waals surface area contributed by atoms with Gasteiger partial charge in [0, 0.05) is 32.7 Å². The maximum absolute atomic E-state index is 11.1. The van der Waals surface area contributed by atoms with E-state index in [1.807, 2.05) is 6.07 Å². The number of fused-ring (bicyclic) bond motifs is 4. The molecule has 0 spiro atoms. The van der Waals surface area contributed by atoms with E-state index in [9.17, 15) is 30.2 Å². The molecule has 0 bridgehead atoms. The number of ether oxygens (including phenoxy) is 1. The van der Waals surface area contributed by atoms with Crippen LogP contribution in [0, 0.1) is 13.2 Å². The van der Waals surface area contributed by atoms with E-state index in [-0.39, 0.29) is 39.6 Å². The van der Waals surface area contributed by atoms with E-state index < -0.39 is 315 Å². The summed E-state index contributed by atoms with van der Waals surface area (Å²) in [5, 5.41) is -3.46. The molecule has 16 rings (SSSR count). The molecule has 0 radical (unpaired) electrons. The lowest BCUT2D eigenvalue weighted by Gasteiger charge is -2.34. The van der Waals surface area contributed by atoms with Crippen molar-refractivity contribution in [2.45, 2.75) is 6.85 Å². The van der Waals surface area contributed by atoms with Crippen LogP contribution in [0.3, 0.4) is 0 Å². The maximum Gasteiger partial charge on any atom is 0.269 e. The summed E-state index contributed by atoms with van der Waals surface area (Å²) in [6.07, 6.45) is 4.43. The Kier molecular flexibility index (Phi) is 7.04. The van der Waals surface area contributed by atoms with Crippen molar-refractivity contribution in [3.8, 4) is 84.3 Å². The van der Waals surface area contributed by atoms with Crippen LogP contribution in [0.15, 0.2) is 345 Å². The number of para-hydroxylation sites is 4. The lowest BCUT2D eigenvalue weighted by molar-refractivity contribution is -0.571. The first-order valence-corrected chi connectivity index (χ1v) is 29.8. The number of nitrogens with zero attached hydrogens (tertiary/aromatic N) is 4. The van der Waals surface area contributed by atoms with E-state index >= 15 is 0 Å². The van der Waals surface area contributed by atoms with Gasteiger partial charge >= 0.3 is 0 Å². The molecule has 0 atom stereocenters. The van der Waals surface area contributed by atoms with Crippen LogP contribution in [-0.4, -0.2) is 22.2 Å². The number of aromatic nitrogens is 4. The van der Waals surface area contributed by atoms with Gasteiger partial charge in [-0.25, -0.2) is 4.98 Å². The summed E-state index contributed by atoms with van der Waals surface area (Å²) in [6, 6.07) is -8.16. The average molecular weight is 1220 g/mol. The van der Waals surface area contributed by atoms with E-state index in [0.717, 1.165) is 12.3 Å². The molecule has 0 aliphatic rings. The van der Waals surface area contributed by atoms with Crippen molar-refractivity contribution in [3.63, 3.8) is 0 Å². The van der Waals surface area contributed by atoms with Crippen molar-refractivity contribution in [1.82, 2.24) is 14.1 Å². The van der Waals surface area contributed by atoms with Crippen LogP contribution < -0.4 is 30.1 Å². The van der Waals surface area contributed by atoms with Gasteiger partial charge in [-0.15, -0.1) is 0 Å². The Morgan fingerprint density at radius 1 is 0.418 bits per heavy atom. The van der Waals surface area contributed by atoms with Gasteiger partial charge < -0.3 is 4.74 Å². The predicted octanol–water partition coefficient (Wildman–Crippen LogP) is 18.0. The van der Waals surface area contributed by atoms with Gasteiger partial charge in [0.25, 0.3) is 6.33 Å². The van der Waals surface area contributed by atoms with Crippen molar-refractivity contribution in [2.75, 3.05) is 0 Å². The van der Waals surface area contributed by atoms with Gasteiger partial charge in [-0.05, 0) is 144 Å². The molecule has 5 nitrogen and oxygen atoms in total. The summed E-state index contributed by atoms with van der Waals surface area (Å²) < 4.78 is 375. The average Bonchev–Trinajstić information content (AvgIpc) is 0.775. The van der Waals surface area contributed by atoms with Gasteiger partial charge in [0.1, 0.15) is 17.3 Å². The Morgan fingerprint density at radius 2 is 0.978 bits per heavy atom. The Bertz CT molecular complexity index is 7420. The van der Waals surface area contributed by atoms with Crippen LogP contribution in [0.2, 0.25) is 0 Å². The molecular weight excluding hydrogens is 1120 g/mol. The molecule has 3 aromatic heterocycles. The van der Waals surface area contributed by atoms with Crippen LogP contribution in [-0.2, 0) is 0 Å². The van der Waals surface area contributed by atoms with E-state index in [4.69, 9.17) is 28.0 Å². The highest BCUT2D eigenvalue weighted by atomic mass is 28.3. The number of benzene rings is 13. The fraction of sp³-hybridized carbons (Fsp3) is 0.0118. The first-order chi connectivity index (χ1) is 61.2. The molecule has 430 valence electrons. The largest absolute Gasteiger partial charge is 0.458 e. The zero-order chi connectivity index (χ0) is 94.5. The highest BCUT2D eigenvalue weighted by Crippen LogP contribution is 2.40. The number of hydrogen-bond donors (Lipinski definition) is 0. The second kappa shape index (κ2) is 23.4. The Balaban J connectivity index is 1.01. The van der Waals surface area contributed by atoms with E-state index in [1.165, 1.54) is 51.6 Å². The quantitative estimate of drug-likeness (QED) is 0.0471. The Morgan fingerprint density at radius 3 is 1.69 bits per heavy atom. The van der Waals surface area contributed by atoms with E-state index in [2.05, 4.69) is 11.3 Å². The Hall–Kier alpha value is -11.7. The maximum atomic E-state index is 11.1. The lowest BCUT2D eigenvalue weighted by Crippen LogP contribution is -2.74. The molecule has 6 heteroatoms. The number of rotatable bonds is 14. The minimum absolute atomic E-state index is 0.0263. The second-order valence-corrected chi connectivity index (χ2v) is 23.8. The van der Waals surface area contributed by atoms with Crippen molar-refractivity contribution >= 4 is 61.7 Å². The van der Waals surface area contributed by atoms with Gasteiger partial charge in [0.2, 0.25) is 0 Å². The molecule has 0 aliphatic heterocycles. The third kappa shape index (κ3) is 9.92. The first-order valence-electron chi connectivity index (χ1n) is 47.3. The minimum atomic E-state index is -6.62. The molecular formula is C85H60N4OSi. The lowest BCUT2D eigenvalue weighted by atomic mass is 9.90. The monoisotopic (exact) mass is 1220 g/mol. The molecule has 0 aliphatic carbocycles. The molecule has 0 saturated heterocycles. The predicted molar refractivity (Wildman–Crippen MR) is 378 cm³/mol. The smallest absolute Gasteiger partial charge is 0.269 e. The summed E-state index contributed by atoms with van der Waals surface area (Å²) >= 11 is 0. The number of hydrogen-bond acceptors (Lipinski definition) is 2. The topological polar surface area (TPSA) is 35.9 Å². The normalized spacial score (nSPS) is 17.7. The fourth-order valence-electron chi connectivity index (χ4n) is 11.2. The summed E-state index contributed by atoms with van der Waals surface area (Å²) in [6.45, 7) is -2.96. The Labute approximate surface area is 585 Å². The van der Waals surface area contributed by atoms with Gasteiger partial charge in [0.05, 0.1) is 82.8 Å². The second-order valence-electron chi connectivity index (χ2n) is 20.3. The van der Waals surface area contributed by atoms with Crippen LogP contribution in [0.4, 0.5) is 0 Å². The minimum Gasteiger partial charge on any atom is -0.458 e. The van der Waals surface area contributed by atoms with Crippen molar-refractivity contribution < 1.29 is 62.8 Å². The molecule has 0 N–H and O–H groups in total. The van der Waals surface area contributed by atoms with Crippen LogP contribution >= 0.6 is 0 Å². The third-order valence-electron chi connectivity index (χ3n) is 15.1. The van der Waals surface area contributed by atoms with Crippen molar-refractivity contribution in [2.24, 2.45) is 0 Å². The number of aryl methyl sites for hydroxylation is 1. The molecule has 91 heavy (non-hydrogen) atoms. The molecule has 0 fully saturated rings. The SMILES string of the molecule is [2H]c1cc(-c2c([2H])c(-c3cccc(-c4c([2H])c([2H])c([2H])c([Si](c5c([2H])c([2H])c([2H])c([2H])c5[2H])(c5c([2H])c([2H])c([2H])c([2H])c5[2H])c5c([2H])c([2H])c([2H])c([2H])c5[2H])c4[2H])c3-[n+]3[c-]n(-c4cccc(Oc5ccc6c7ccccc7n(-c7cc(C([2H])([2H])[2H])c(-c8c([2H])c([2H])c([2H])c([2H])c8[2H])cn7)c6c5)c4)c4ccccc43)c([2H])c(-c3c([2H])c([2H])c([2H])c([2H])c3[2H])c2[2H])c([2H])c([2H])c1[2H]. The van der Waals surface area contributed by atoms with Gasteiger partial charge in [0.15, 0.2) is 8.07 Å². The molecule has 13 aromatic carbocycles. The van der Waals surface area contributed by atoms with Gasteiger partial charge in [-0.3, -0.25) is 13.7 Å². The number of imidazole rings is 1. The molecule has 0 saturated carbocycles. The van der Waals surface area contributed by atoms with Crippen LogP contribution in [0.1, 0.15) is 59.0 Å². The molecule has 16 aromatic rings. The van der Waals surface area contributed by atoms with E-state index in [1.54, 1.807) is 71.3 Å². The van der Waals surface area contributed by atoms with Gasteiger partial charge in [-0.2, -0.15) is 0 Å². The molecule has 3 heterocycles. The van der Waals surface area contributed by atoms with Crippen LogP contribution in [0.5, 0.6) is 11.5 Å². The summed E-state index contributed by atoms with van der Waals surface area (Å²) in [5.41, 5.74) is -5.99. The highest BCUT2D eigenvalue weighted by Gasteiger charge is 2.41. The summed E-state index contributed by atoms with van der Waals surface area (Å²) in [4.78, 5) is 4.69. The van der Waals surface area contributed by atoms with E-state index in [0.29, 0.717) is 21.8 Å². The van der Waals surface area contributed by atoms with Gasteiger partial charge in [-0.1, -0.05) is 272 Å². The highest BCUT2D eigenvalue weighted by molar-refractivity contribution is 7.19. The first kappa shape index (κ1) is 27.4. The fourth-order valence-corrected chi connectivity index (χ4v) is 14.8. The third-order valence-corrected chi connectivity index (χ3v) is 19.1. The summed E-state index contributed by atoms with van der Waals surface area (Å²) in [7, 11) is -6.62.